The highest BCUT2D eigenvalue weighted by molar-refractivity contribution is 5.77. The van der Waals surface area contributed by atoms with Gasteiger partial charge >= 0.3 is 5.97 Å². The average Bonchev–Trinajstić information content (AvgIpc) is 3.16. The third-order valence-corrected chi connectivity index (χ3v) is 7.91. The van der Waals surface area contributed by atoms with Gasteiger partial charge in [0.25, 0.3) is 0 Å². The molecule has 0 aromatic heterocycles. The minimum atomic E-state index is -1.43. The largest absolute Gasteiger partial charge is 0.504 e. The summed E-state index contributed by atoms with van der Waals surface area (Å²) >= 11 is 0. The van der Waals surface area contributed by atoms with Gasteiger partial charge in [0, 0.05) is 18.0 Å². The summed E-state index contributed by atoms with van der Waals surface area (Å²) in [7, 11) is 2.02. The molecule has 1 saturated heterocycles. The number of piperidine rings is 1. The van der Waals surface area contributed by atoms with Crippen LogP contribution in [0.15, 0.2) is 54.3 Å². The van der Waals surface area contributed by atoms with Crippen molar-refractivity contribution in [1.82, 2.24) is 4.90 Å². The van der Waals surface area contributed by atoms with Crippen molar-refractivity contribution in [1.29, 1.82) is 0 Å². The molecule has 2 heterocycles. The summed E-state index contributed by atoms with van der Waals surface area (Å²) in [5.74, 6) is -0.140. The van der Waals surface area contributed by atoms with Gasteiger partial charge in [0.05, 0.1) is 11.0 Å². The fourth-order valence-electron chi connectivity index (χ4n) is 6.38. The lowest BCUT2D eigenvalue weighted by atomic mass is 9.50. The van der Waals surface area contributed by atoms with Crippen molar-refractivity contribution in [3.8, 4) is 11.5 Å². The molecule has 6 rings (SSSR count). The summed E-state index contributed by atoms with van der Waals surface area (Å²) < 4.78 is 12.0. The topological polar surface area (TPSA) is 99.5 Å². The smallest absolute Gasteiger partial charge is 0.344 e. The summed E-state index contributed by atoms with van der Waals surface area (Å²) in [5, 5.41) is 33.1. The van der Waals surface area contributed by atoms with E-state index in [-0.39, 0.29) is 17.6 Å². The molecular formula is C25H25NO6. The molecule has 32 heavy (non-hydrogen) atoms. The van der Waals surface area contributed by atoms with E-state index in [0.29, 0.717) is 30.6 Å². The first-order valence-electron chi connectivity index (χ1n) is 11.0. The van der Waals surface area contributed by atoms with Crippen LogP contribution in [0, 0.1) is 0 Å². The Morgan fingerprint density at radius 3 is 2.81 bits per heavy atom. The van der Waals surface area contributed by atoms with Gasteiger partial charge in [0.15, 0.2) is 23.7 Å². The molecule has 4 aliphatic rings. The van der Waals surface area contributed by atoms with Gasteiger partial charge in [-0.1, -0.05) is 36.4 Å². The third-order valence-electron chi connectivity index (χ3n) is 7.91. The van der Waals surface area contributed by atoms with E-state index in [1.165, 1.54) is 0 Å². The van der Waals surface area contributed by atoms with E-state index in [0.717, 1.165) is 17.7 Å². The molecule has 2 aliphatic heterocycles. The lowest BCUT2D eigenvalue weighted by Gasteiger charge is -2.61. The number of hydrogen-bond acceptors (Lipinski definition) is 7. The number of nitrogens with zero attached hydrogens (tertiary/aromatic N) is 1. The lowest BCUT2D eigenvalue weighted by Crippen LogP contribution is -2.74. The number of aliphatic hydroxyl groups is 2. The second-order valence-electron chi connectivity index (χ2n) is 9.34. The van der Waals surface area contributed by atoms with Gasteiger partial charge in [-0.2, -0.15) is 0 Å². The van der Waals surface area contributed by atoms with Crippen LogP contribution in [0.2, 0.25) is 0 Å². The van der Waals surface area contributed by atoms with Crippen LogP contribution in [0.5, 0.6) is 11.5 Å². The average molecular weight is 435 g/mol. The highest BCUT2D eigenvalue weighted by atomic mass is 16.6. The molecule has 2 bridgehead atoms. The first-order chi connectivity index (χ1) is 15.4. The number of phenolic OH excluding ortho intramolecular Hbond substituents is 1. The van der Waals surface area contributed by atoms with Gasteiger partial charge in [-0.15, -0.1) is 0 Å². The molecule has 1 spiro atoms. The van der Waals surface area contributed by atoms with Gasteiger partial charge in [-0.3, -0.25) is 0 Å². The molecule has 1 fully saturated rings. The monoisotopic (exact) mass is 435 g/mol. The van der Waals surface area contributed by atoms with E-state index < -0.39 is 29.2 Å². The molecule has 2 unspecified atom stereocenters. The zero-order valence-electron chi connectivity index (χ0n) is 17.7. The van der Waals surface area contributed by atoms with E-state index in [4.69, 9.17) is 9.47 Å². The molecule has 0 amide bonds. The summed E-state index contributed by atoms with van der Waals surface area (Å²) in [5.41, 5.74) is 0.368. The van der Waals surface area contributed by atoms with Crippen molar-refractivity contribution in [3.63, 3.8) is 0 Å². The highest BCUT2D eigenvalue weighted by Gasteiger charge is 2.72. The quantitative estimate of drug-likeness (QED) is 0.634. The van der Waals surface area contributed by atoms with E-state index in [1.807, 2.05) is 13.1 Å². The molecule has 0 radical (unpaired) electrons. The molecule has 2 aliphatic carbocycles. The zero-order valence-corrected chi connectivity index (χ0v) is 17.7. The van der Waals surface area contributed by atoms with Gasteiger partial charge in [-0.05, 0) is 49.7 Å². The number of carbonyl (C=O) groups is 1. The molecule has 7 heteroatoms. The van der Waals surface area contributed by atoms with Crippen LogP contribution in [-0.4, -0.2) is 57.5 Å². The predicted octanol–water partition coefficient (Wildman–Crippen LogP) is 1.95. The van der Waals surface area contributed by atoms with Gasteiger partial charge in [0.2, 0.25) is 0 Å². The first-order valence-corrected chi connectivity index (χ1v) is 11.0. The van der Waals surface area contributed by atoms with Crippen LogP contribution >= 0.6 is 0 Å². The molecule has 2 aromatic carbocycles. The van der Waals surface area contributed by atoms with Crippen LogP contribution in [0.4, 0.5) is 0 Å². The number of rotatable bonds is 3. The molecule has 0 saturated carbocycles. The van der Waals surface area contributed by atoms with E-state index in [2.05, 4.69) is 4.90 Å². The zero-order chi connectivity index (χ0) is 22.3. The number of aromatic hydroxyl groups is 1. The van der Waals surface area contributed by atoms with Crippen molar-refractivity contribution >= 4 is 5.97 Å². The Kier molecular flexibility index (Phi) is 4.06. The predicted molar refractivity (Wildman–Crippen MR) is 114 cm³/mol. The van der Waals surface area contributed by atoms with Crippen molar-refractivity contribution in [2.45, 2.75) is 48.5 Å². The number of benzene rings is 2. The fourth-order valence-corrected chi connectivity index (χ4v) is 6.38. The van der Waals surface area contributed by atoms with E-state index in [1.54, 1.807) is 42.5 Å². The van der Waals surface area contributed by atoms with Gasteiger partial charge in [-0.25, -0.2) is 4.79 Å². The Morgan fingerprint density at radius 1 is 1.25 bits per heavy atom. The Morgan fingerprint density at radius 2 is 2.03 bits per heavy atom. The van der Waals surface area contributed by atoms with Gasteiger partial charge in [0.1, 0.15) is 5.76 Å². The van der Waals surface area contributed by atoms with E-state index in [9.17, 15) is 20.1 Å². The van der Waals surface area contributed by atoms with Crippen molar-refractivity contribution in [2.75, 3.05) is 13.6 Å². The SMILES string of the molecule is CN1CCC23c4c5ccc(O)c4OC2C(OC(=O)[C@H](O)c2ccccc2)=CC[C@@]3(O)[C@H]1C5. The summed E-state index contributed by atoms with van der Waals surface area (Å²) in [4.78, 5) is 15.0. The number of carbonyl (C=O) groups excluding carboxylic acids is 1. The summed E-state index contributed by atoms with van der Waals surface area (Å²) in [6.07, 6.45) is 1.06. The van der Waals surface area contributed by atoms with Crippen LogP contribution in [0.25, 0.3) is 0 Å². The first kappa shape index (κ1) is 19.8. The summed E-state index contributed by atoms with van der Waals surface area (Å²) in [6.45, 7) is 0.745. The number of likely N-dealkylation sites (N-methyl/N-ethyl adjacent to an activating group) is 1. The van der Waals surface area contributed by atoms with Crippen LogP contribution in [-0.2, 0) is 21.4 Å². The Balaban J connectivity index is 1.43. The number of hydrogen-bond donors (Lipinski definition) is 3. The van der Waals surface area contributed by atoms with Crippen LogP contribution < -0.4 is 4.74 Å². The number of aliphatic hydroxyl groups excluding tert-OH is 1. The standard InChI is InChI=1S/C25H25NO6/c1-26-12-11-24-19-15-7-8-16(27)21(19)32-22(24)17(9-10-25(24,30)18(26)13-15)31-23(29)20(28)14-5-3-2-4-6-14/h2-9,18,20,22,27-28,30H,10-13H2,1H3/t18-,20-,22?,24?,25-/m1/s1. The highest BCUT2D eigenvalue weighted by Crippen LogP contribution is 2.65. The second-order valence-corrected chi connectivity index (χ2v) is 9.34. The maximum Gasteiger partial charge on any atom is 0.344 e. The Bertz CT molecular complexity index is 1150. The van der Waals surface area contributed by atoms with Crippen LogP contribution in [0.3, 0.4) is 0 Å². The Labute approximate surface area is 185 Å². The fraction of sp³-hybridized carbons (Fsp3) is 0.400. The molecule has 7 nitrogen and oxygen atoms in total. The van der Waals surface area contributed by atoms with E-state index >= 15 is 0 Å². The lowest BCUT2D eigenvalue weighted by molar-refractivity contribution is -0.172. The maximum absolute atomic E-state index is 12.8. The minimum absolute atomic E-state index is 0.0160. The van der Waals surface area contributed by atoms with Crippen molar-refractivity contribution in [2.24, 2.45) is 0 Å². The molecule has 3 N–H and O–H groups in total. The van der Waals surface area contributed by atoms with Gasteiger partial charge < -0.3 is 29.7 Å². The maximum atomic E-state index is 12.8. The molecule has 166 valence electrons. The molecule has 2 aromatic rings. The minimum Gasteiger partial charge on any atom is -0.504 e. The number of phenols is 1. The number of likely N-dealkylation sites (tertiary alicyclic amines) is 1. The molecule has 5 atom stereocenters. The number of ether oxygens (including phenoxy) is 2. The van der Waals surface area contributed by atoms with Crippen LogP contribution in [0.1, 0.15) is 35.6 Å². The molecular weight excluding hydrogens is 410 g/mol. The Hall–Kier alpha value is -2.87. The second kappa shape index (κ2) is 6.57. The number of esters is 1. The van der Waals surface area contributed by atoms with Crippen molar-refractivity contribution < 1.29 is 29.6 Å². The normalized spacial score (nSPS) is 33.0. The third kappa shape index (κ3) is 2.33. The van der Waals surface area contributed by atoms with Crippen molar-refractivity contribution in [3.05, 3.63) is 71.0 Å². The summed E-state index contributed by atoms with van der Waals surface area (Å²) in [6, 6.07) is 12.0.